The summed E-state index contributed by atoms with van der Waals surface area (Å²) in [4.78, 5) is 26.7. The van der Waals surface area contributed by atoms with Gasteiger partial charge in [0.2, 0.25) is 0 Å². The molecule has 1 unspecified atom stereocenters. The number of amides is 2. The Kier molecular flexibility index (Phi) is 7.32. The predicted octanol–water partition coefficient (Wildman–Crippen LogP) is 0.498. The molecule has 1 N–H and O–H groups in total. The number of aliphatic carboxylic acids is 1. The molecule has 20 heavy (non-hydrogen) atoms. The van der Waals surface area contributed by atoms with E-state index in [2.05, 4.69) is 0 Å². The van der Waals surface area contributed by atoms with Gasteiger partial charge >= 0.3 is 12.0 Å². The topological polar surface area (TPSA) is 79.3 Å². The Morgan fingerprint density at radius 2 is 1.85 bits per heavy atom. The fourth-order valence-electron chi connectivity index (χ4n) is 2.26. The van der Waals surface area contributed by atoms with Gasteiger partial charge in [0.1, 0.15) is 0 Å². The number of methoxy groups -OCH3 is 2. The van der Waals surface area contributed by atoms with Crippen molar-refractivity contribution in [3.05, 3.63) is 0 Å². The number of hydrogen-bond donors (Lipinski definition) is 1. The Labute approximate surface area is 119 Å². The Morgan fingerprint density at radius 3 is 2.35 bits per heavy atom. The summed E-state index contributed by atoms with van der Waals surface area (Å²) in [5, 5.41) is 9.07. The first-order valence-electron chi connectivity index (χ1n) is 6.84. The summed E-state index contributed by atoms with van der Waals surface area (Å²) in [6.07, 6.45) is 1.36. The van der Waals surface area contributed by atoms with Gasteiger partial charge in [-0.3, -0.25) is 4.79 Å². The number of piperidine rings is 1. The average molecular weight is 288 g/mol. The van der Waals surface area contributed by atoms with Gasteiger partial charge in [-0.25, -0.2) is 4.79 Å². The summed E-state index contributed by atoms with van der Waals surface area (Å²) in [7, 11) is 3.17. The maximum Gasteiger partial charge on any atom is 0.320 e. The molecule has 0 aromatic rings. The fourth-order valence-corrected chi connectivity index (χ4v) is 2.26. The maximum atomic E-state index is 12.4. The number of hydrogen-bond acceptors (Lipinski definition) is 4. The SMILES string of the molecule is COCCN(CCOC)C(=O)N1CCCC(C(=O)O)C1. The highest BCUT2D eigenvalue weighted by atomic mass is 16.5. The number of nitrogens with zero attached hydrogens (tertiary/aromatic N) is 2. The zero-order chi connectivity index (χ0) is 15.0. The molecule has 0 aromatic heterocycles. The van der Waals surface area contributed by atoms with Crippen LogP contribution in [-0.4, -0.2) is 80.5 Å². The minimum Gasteiger partial charge on any atom is -0.481 e. The van der Waals surface area contributed by atoms with E-state index < -0.39 is 11.9 Å². The molecule has 1 heterocycles. The lowest BCUT2D eigenvalue weighted by Gasteiger charge is -2.35. The first-order chi connectivity index (χ1) is 9.60. The van der Waals surface area contributed by atoms with Crippen LogP contribution in [0.25, 0.3) is 0 Å². The molecule has 0 radical (unpaired) electrons. The minimum absolute atomic E-state index is 0.134. The van der Waals surface area contributed by atoms with Crippen LogP contribution >= 0.6 is 0 Å². The van der Waals surface area contributed by atoms with Gasteiger partial charge < -0.3 is 24.4 Å². The molecule has 1 saturated heterocycles. The molecule has 1 rings (SSSR count). The van der Waals surface area contributed by atoms with Gasteiger partial charge in [0.25, 0.3) is 0 Å². The second-order valence-electron chi connectivity index (χ2n) is 4.88. The highest BCUT2D eigenvalue weighted by molar-refractivity contribution is 5.76. The third-order valence-corrected chi connectivity index (χ3v) is 3.44. The smallest absolute Gasteiger partial charge is 0.320 e. The number of carbonyl (C=O) groups is 2. The summed E-state index contributed by atoms with van der Waals surface area (Å²) in [5.41, 5.74) is 0. The van der Waals surface area contributed by atoms with Crippen molar-refractivity contribution >= 4 is 12.0 Å². The third-order valence-electron chi connectivity index (χ3n) is 3.44. The molecule has 1 fully saturated rings. The van der Waals surface area contributed by atoms with E-state index in [0.29, 0.717) is 39.3 Å². The van der Waals surface area contributed by atoms with Crippen LogP contribution in [0.1, 0.15) is 12.8 Å². The zero-order valence-electron chi connectivity index (χ0n) is 12.2. The third kappa shape index (κ3) is 4.97. The number of rotatable bonds is 7. The number of ether oxygens (including phenoxy) is 2. The standard InChI is InChI=1S/C13H24N2O5/c1-19-8-6-14(7-9-20-2)13(18)15-5-3-4-11(10-15)12(16)17/h11H,3-10H2,1-2H3,(H,16,17). The van der Waals surface area contributed by atoms with Gasteiger partial charge in [0.15, 0.2) is 0 Å². The molecule has 116 valence electrons. The maximum absolute atomic E-state index is 12.4. The van der Waals surface area contributed by atoms with Crippen LogP contribution in [0.15, 0.2) is 0 Å². The molecule has 0 spiro atoms. The van der Waals surface area contributed by atoms with Crippen LogP contribution in [0, 0.1) is 5.92 Å². The average Bonchev–Trinajstić information content (AvgIpc) is 2.47. The van der Waals surface area contributed by atoms with E-state index in [1.165, 1.54) is 0 Å². The van der Waals surface area contributed by atoms with E-state index in [1.54, 1.807) is 24.0 Å². The highest BCUT2D eigenvalue weighted by Crippen LogP contribution is 2.18. The van der Waals surface area contributed by atoms with Crippen molar-refractivity contribution in [1.82, 2.24) is 9.80 Å². The zero-order valence-corrected chi connectivity index (χ0v) is 12.2. The summed E-state index contributed by atoms with van der Waals surface area (Å²) in [5.74, 6) is -1.29. The second-order valence-corrected chi connectivity index (χ2v) is 4.88. The van der Waals surface area contributed by atoms with Gasteiger partial charge in [0.05, 0.1) is 19.1 Å². The summed E-state index contributed by atoms with van der Waals surface area (Å²) in [6, 6.07) is -0.134. The van der Waals surface area contributed by atoms with Crippen LogP contribution < -0.4 is 0 Å². The molecule has 7 nitrogen and oxygen atoms in total. The van der Waals surface area contributed by atoms with Gasteiger partial charge in [-0.15, -0.1) is 0 Å². The van der Waals surface area contributed by atoms with Gasteiger partial charge in [-0.2, -0.15) is 0 Å². The number of carbonyl (C=O) groups excluding carboxylic acids is 1. The largest absolute Gasteiger partial charge is 0.481 e. The van der Waals surface area contributed by atoms with Crippen molar-refractivity contribution < 1.29 is 24.2 Å². The van der Waals surface area contributed by atoms with Crippen LogP contribution in [-0.2, 0) is 14.3 Å². The van der Waals surface area contributed by atoms with Gasteiger partial charge in [0, 0.05) is 40.4 Å². The summed E-state index contributed by atoms with van der Waals surface area (Å²) < 4.78 is 10.0. The van der Waals surface area contributed by atoms with Crippen molar-refractivity contribution in [2.45, 2.75) is 12.8 Å². The molecule has 7 heteroatoms. The fraction of sp³-hybridized carbons (Fsp3) is 0.846. The quantitative estimate of drug-likeness (QED) is 0.738. The van der Waals surface area contributed by atoms with Gasteiger partial charge in [-0.1, -0.05) is 0 Å². The molecular weight excluding hydrogens is 264 g/mol. The van der Waals surface area contributed by atoms with Gasteiger partial charge in [-0.05, 0) is 12.8 Å². The lowest BCUT2D eigenvalue weighted by molar-refractivity contribution is -0.143. The van der Waals surface area contributed by atoms with Crippen molar-refractivity contribution in [1.29, 1.82) is 0 Å². The molecule has 2 amide bonds. The van der Waals surface area contributed by atoms with Crippen LogP contribution in [0.5, 0.6) is 0 Å². The molecule has 0 aromatic carbocycles. The molecule has 0 bridgehead atoms. The Bertz CT molecular complexity index is 316. The van der Waals surface area contributed by atoms with Crippen molar-refractivity contribution in [2.75, 3.05) is 53.6 Å². The Morgan fingerprint density at radius 1 is 1.25 bits per heavy atom. The van der Waals surface area contributed by atoms with E-state index in [1.807, 2.05) is 0 Å². The molecule has 1 aliphatic heterocycles. The normalized spacial score (nSPS) is 18.9. The molecular formula is C13H24N2O5. The van der Waals surface area contributed by atoms with E-state index in [0.717, 1.165) is 6.42 Å². The Hall–Kier alpha value is -1.34. The van der Waals surface area contributed by atoms with E-state index in [9.17, 15) is 9.59 Å². The number of likely N-dealkylation sites (tertiary alicyclic amines) is 1. The van der Waals surface area contributed by atoms with Crippen LogP contribution in [0.3, 0.4) is 0 Å². The molecule has 0 aliphatic carbocycles. The lowest BCUT2D eigenvalue weighted by Crippen LogP contribution is -2.50. The molecule has 1 atom stereocenters. The lowest BCUT2D eigenvalue weighted by atomic mass is 9.99. The number of urea groups is 1. The predicted molar refractivity (Wildman–Crippen MR) is 72.7 cm³/mol. The van der Waals surface area contributed by atoms with E-state index >= 15 is 0 Å². The van der Waals surface area contributed by atoms with Crippen molar-refractivity contribution in [3.8, 4) is 0 Å². The Balaban J connectivity index is 2.59. The second kappa shape index (κ2) is 8.76. The van der Waals surface area contributed by atoms with Crippen molar-refractivity contribution in [2.24, 2.45) is 5.92 Å². The first kappa shape index (κ1) is 16.7. The summed E-state index contributed by atoms with van der Waals surface area (Å²) in [6.45, 7) is 2.75. The minimum atomic E-state index is -0.831. The monoisotopic (exact) mass is 288 g/mol. The van der Waals surface area contributed by atoms with Crippen LogP contribution in [0.2, 0.25) is 0 Å². The number of carboxylic acid groups (broad SMARTS) is 1. The van der Waals surface area contributed by atoms with E-state index in [4.69, 9.17) is 14.6 Å². The molecule has 0 saturated carbocycles. The summed E-state index contributed by atoms with van der Waals surface area (Å²) >= 11 is 0. The number of carboxylic acids is 1. The van der Waals surface area contributed by atoms with Crippen molar-refractivity contribution in [3.63, 3.8) is 0 Å². The van der Waals surface area contributed by atoms with E-state index in [-0.39, 0.29) is 12.6 Å². The van der Waals surface area contributed by atoms with Crippen LogP contribution in [0.4, 0.5) is 4.79 Å². The highest BCUT2D eigenvalue weighted by Gasteiger charge is 2.30. The first-order valence-corrected chi connectivity index (χ1v) is 6.84. The molecule has 1 aliphatic rings.